The first kappa shape index (κ1) is 12.4. The molecule has 0 amide bonds. The summed E-state index contributed by atoms with van der Waals surface area (Å²) in [6.45, 7) is 2.75. The number of oxime groups is 1. The maximum atomic E-state index is 8.22. The average Bonchev–Trinajstić information content (AvgIpc) is 1.83. The predicted molar refractivity (Wildman–Crippen MR) is 45.3 cm³/mol. The van der Waals surface area contributed by atoms with Crippen molar-refractivity contribution < 1.29 is 5.21 Å². The number of nitrogens with zero attached hydrogens (tertiary/aromatic N) is 2. The molecule has 0 aliphatic carbocycles. The predicted octanol–water partition coefficient (Wildman–Crippen LogP) is 1.21. The molecule has 0 aromatic heterocycles. The highest BCUT2D eigenvalue weighted by molar-refractivity contribution is 5.85. The molecule has 0 bridgehead atoms. The second kappa shape index (κ2) is 6.83. The molecular formula is C6H15ClN2O. The summed E-state index contributed by atoms with van der Waals surface area (Å²) in [5.74, 6) is 0. The minimum atomic E-state index is 0. The van der Waals surface area contributed by atoms with Gasteiger partial charge in [0.2, 0.25) is 0 Å². The average molecular weight is 167 g/mol. The first-order valence-electron chi connectivity index (χ1n) is 2.99. The molecule has 0 aliphatic heterocycles. The van der Waals surface area contributed by atoms with Crippen molar-refractivity contribution in [2.45, 2.75) is 13.3 Å². The summed E-state index contributed by atoms with van der Waals surface area (Å²) in [6.07, 6.45) is 0.837. The van der Waals surface area contributed by atoms with Crippen molar-refractivity contribution in [2.75, 3.05) is 20.6 Å². The van der Waals surface area contributed by atoms with Crippen LogP contribution < -0.4 is 0 Å². The van der Waals surface area contributed by atoms with Gasteiger partial charge in [0.25, 0.3) is 0 Å². The summed E-state index contributed by atoms with van der Waals surface area (Å²) >= 11 is 0. The fraction of sp³-hybridized carbons (Fsp3) is 0.833. The summed E-state index contributed by atoms with van der Waals surface area (Å²) in [5, 5.41) is 11.3. The summed E-state index contributed by atoms with van der Waals surface area (Å²) < 4.78 is 0. The van der Waals surface area contributed by atoms with Gasteiger partial charge in [-0.3, -0.25) is 0 Å². The fourth-order valence-electron chi connectivity index (χ4n) is 0.435. The van der Waals surface area contributed by atoms with Gasteiger partial charge in [0, 0.05) is 13.0 Å². The summed E-state index contributed by atoms with van der Waals surface area (Å²) in [7, 11) is 3.98. The van der Waals surface area contributed by atoms with Crippen molar-refractivity contribution in [3.63, 3.8) is 0 Å². The van der Waals surface area contributed by atoms with E-state index in [1.807, 2.05) is 21.0 Å². The molecule has 0 aromatic rings. The van der Waals surface area contributed by atoms with Crippen LogP contribution in [0.25, 0.3) is 0 Å². The van der Waals surface area contributed by atoms with E-state index in [2.05, 4.69) is 10.1 Å². The van der Waals surface area contributed by atoms with Crippen LogP contribution in [-0.2, 0) is 0 Å². The van der Waals surface area contributed by atoms with E-state index < -0.39 is 0 Å². The second-order valence-corrected chi connectivity index (χ2v) is 2.39. The van der Waals surface area contributed by atoms with Crippen LogP contribution in [0.5, 0.6) is 0 Å². The molecule has 0 unspecified atom stereocenters. The smallest absolute Gasteiger partial charge is 0.0552 e. The lowest BCUT2D eigenvalue weighted by atomic mass is 10.3. The topological polar surface area (TPSA) is 35.8 Å². The number of halogens is 1. The minimum absolute atomic E-state index is 0. The molecule has 0 atom stereocenters. The second-order valence-electron chi connectivity index (χ2n) is 2.39. The van der Waals surface area contributed by atoms with E-state index in [0.717, 1.165) is 18.7 Å². The molecular weight excluding hydrogens is 152 g/mol. The minimum Gasteiger partial charge on any atom is -0.411 e. The summed E-state index contributed by atoms with van der Waals surface area (Å²) in [6, 6.07) is 0. The Balaban J connectivity index is 0. The van der Waals surface area contributed by atoms with Gasteiger partial charge in [0.15, 0.2) is 0 Å². The van der Waals surface area contributed by atoms with Crippen molar-refractivity contribution >= 4 is 18.1 Å². The Kier molecular flexibility index (Phi) is 8.48. The van der Waals surface area contributed by atoms with Crippen LogP contribution >= 0.6 is 12.4 Å². The largest absolute Gasteiger partial charge is 0.411 e. The maximum absolute atomic E-state index is 8.22. The summed E-state index contributed by atoms with van der Waals surface area (Å²) in [5.41, 5.74) is 0.781. The van der Waals surface area contributed by atoms with E-state index in [0.29, 0.717) is 0 Å². The molecule has 3 nitrogen and oxygen atoms in total. The van der Waals surface area contributed by atoms with Crippen molar-refractivity contribution in [1.29, 1.82) is 0 Å². The van der Waals surface area contributed by atoms with Gasteiger partial charge in [0.1, 0.15) is 0 Å². The SMILES string of the molecule is C/C(CCN(C)C)=N/O.Cl. The highest BCUT2D eigenvalue weighted by Gasteiger charge is 1.92. The van der Waals surface area contributed by atoms with Gasteiger partial charge in [0.05, 0.1) is 5.71 Å². The highest BCUT2D eigenvalue weighted by Crippen LogP contribution is 1.86. The Morgan fingerprint density at radius 3 is 2.30 bits per heavy atom. The van der Waals surface area contributed by atoms with E-state index in [9.17, 15) is 0 Å². The lowest BCUT2D eigenvalue weighted by Gasteiger charge is -2.06. The Morgan fingerprint density at radius 1 is 1.50 bits per heavy atom. The quantitative estimate of drug-likeness (QED) is 0.389. The molecule has 4 heteroatoms. The van der Waals surface area contributed by atoms with Crippen molar-refractivity contribution in [3.8, 4) is 0 Å². The van der Waals surface area contributed by atoms with Gasteiger partial charge in [-0.1, -0.05) is 5.16 Å². The molecule has 0 rings (SSSR count). The molecule has 1 N–H and O–H groups in total. The zero-order valence-electron chi connectivity index (χ0n) is 6.66. The molecule has 0 fully saturated rings. The molecule has 0 aliphatic rings. The first-order chi connectivity index (χ1) is 4.16. The van der Waals surface area contributed by atoms with Crippen LogP contribution in [0.1, 0.15) is 13.3 Å². The van der Waals surface area contributed by atoms with Crippen molar-refractivity contribution in [2.24, 2.45) is 5.16 Å². The molecule has 0 saturated heterocycles. The third-order valence-corrected chi connectivity index (χ3v) is 1.09. The Morgan fingerprint density at radius 2 is 2.00 bits per heavy atom. The molecule has 62 valence electrons. The molecule has 10 heavy (non-hydrogen) atoms. The monoisotopic (exact) mass is 166 g/mol. The van der Waals surface area contributed by atoms with Crippen LogP contribution in [0.15, 0.2) is 5.16 Å². The number of hydrogen-bond acceptors (Lipinski definition) is 3. The highest BCUT2D eigenvalue weighted by atomic mass is 35.5. The van der Waals surface area contributed by atoms with Crippen LogP contribution in [0, 0.1) is 0 Å². The lowest BCUT2D eigenvalue weighted by molar-refractivity contribution is 0.315. The molecule has 0 radical (unpaired) electrons. The zero-order chi connectivity index (χ0) is 7.28. The van der Waals surface area contributed by atoms with E-state index in [4.69, 9.17) is 5.21 Å². The summed E-state index contributed by atoms with van der Waals surface area (Å²) in [4.78, 5) is 2.05. The van der Waals surface area contributed by atoms with Crippen molar-refractivity contribution in [1.82, 2.24) is 4.90 Å². The third-order valence-electron chi connectivity index (χ3n) is 1.09. The maximum Gasteiger partial charge on any atom is 0.0552 e. The number of hydrogen-bond donors (Lipinski definition) is 1. The Bertz CT molecular complexity index is 104. The molecule has 0 heterocycles. The fourth-order valence-corrected chi connectivity index (χ4v) is 0.435. The van der Waals surface area contributed by atoms with Crippen LogP contribution in [0.2, 0.25) is 0 Å². The van der Waals surface area contributed by atoms with Crippen molar-refractivity contribution in [3.05, 3.63) is 0 Å². The molecule has 0 spiro atoms. The third kappa shape index (κ3) is 7.72. The van der Waals surface area contributed by atoms with Gasteiger partial charge in [-0.2, -0.15) is 0 Å². The van der Waals surface area contributed by atoms with Gasteiger partial charge < -0.3 is 10.1 Å². The molecule has 0 aromatic carbocycles. The van der Waals surface area contributed by atoms with Gasteiger partial charge in [-0.25, -0.2) is 0 Å². The van der Waals surface area contributed by atoms with Crippen LogP contribution in [0.4, 0.5) is 0 Å². The van der Waals surface area contributed by atoms with Gasteiger partial charge >= 0.3 is 0 Å². The standard InChI is InChI=1S/C6H14N2O.ClH/c1-6(7-9)4-5-8(2)3;/h9H,4-5H2,1-3H3;1H/b7-6-;. The molecule has 0 saturated carbocycles. The van der Waals surface area contributed by atoms with Crippen LogP contribution in [-0.4, -0.2) is 36.5 Å². The van der Waals surface area contributed by atoms with E-state index in [1.165, 1.54) is 0 Å². The van der Waals surface area contributed by atoms with E-state index in [1.54, 1.807) is 0 Å². The number of rotatable bonds is 3. The van der Waals surface area contributed by atoms with Crippen LogP contribution in [0.3, 0.4) is 0 Å². The van der Waals surface area contributed by atoms with E-state index >= 15 is 0 Å². The van der Waals surface area contributed by atoms with Gasteiger partial charge in [-0.15, -0.1) is 12.4 Å². The Hall–Kier alpha value is -0.280. The normalized spacial score (nSPS) is 11.4. The van der Waals surface area contributed by atoms with Gasteiger partial charge in [-0.05, 0) is 21.0 Å². The Labute approximate surface area is 68.1 Å². The van der Waals surface area contributed by atoms with E-state index in [-0.39, 0.29) is 12.4 Å². The lowest BCUT2D eigenvalue weighted by Crippen LogP contribution is -2.15. The zero-order valence-corrected chi connectivity index (χ0v) is 7.48. The first-order valence-corrected chi connectivity index (χ1v) is 2.99.